The first kappa shape index (κ1) is 14.8. The molecule has 1 aromatic heterocycles. The van der Waals surface area contributed by atoms with Gasteiger partial charge in [-0.05, 0) is 35.7 Å². The molecule has 1 heterocycles. The number of carbonyl (C=O) groups is 1. The number of aromatic nitrogens is 1. The molecule has 0 aliphatic rings. The number of rotatable bonds is 5. The van der Waals surface area contributed by atoms with Crippen LogP contribution in [0.15, 0.2) is 42.6 Å². The molecule has 2 N–H and O–H groups in total. The summed E-state index contributed by atoms with van der Waals surface area (Å²) < 4.78 is 5.45. The number of benzene rings is 1. The van der Waals surface area contributed by atoms with Gasteiger partial charge in [0, 0.05) is 6.20 Å². The first-order chi connectivity index (χ1) is 10.1. The van der Waals surface area contributed by atoms with Gasteiger partial charge in [-0.25, -0.2) is 4.98 Å². The van der Waals surface area contributed by atoms with Crippen LogP contribution in [-0.4, -0.2) is 22.6 Å². The summed E-state index contributed by atoms with van der Waals surface area (Å²) in [6.45, 7) is 4.04. The van der Waals surface area contributed by atoms with Gasteiger partial charge in [-0.15, -0.1) is 0 Å². The highest BCUT2D eigenvalue weighted by atomic mass is 16.5. The molecule has 0 fully saturated rings. The van der Waals surface area contributed by atoms with Crippen LogP contribution < -0.4 is 10.1 Å². The van der Waals surface area contributed by atoms with Gasteiger partial charge in [0.25, 0.3) is 5.91 Å². The van der Waals surface area contributed by atoms with Gasteiger partial charge in [0.2, 0.25) is 0 Å². The largest absolute Gasteiger partial charge is 0.504 e. The van der Waals surface area contributed by atoms with Crippen LogP contribution in [0.5, 0.6) is 11.5 Å². The first-order valence-corrected chi connectivity index (χ1v) is 6.73. The third-order valence-corrected chi connectivity index (χ3v) is 2.94. The van der Waals surface area contributed by atoms with E-state index in [2.05, 4.69) is 24.1 Å². The summed E-state index contributed by atoms with van der Waals surface area (Å²) in [4.78, 5) is 15.6. The molecule has 110 valence electrons. The molecular weight excluding hydrogens is 268 g/mol. The lowest BCUT2D eigenvalue weighted by Crippen LogP contribution is -2.20. The second-order valence-corrected chi connectivity index (χ2v) is 4.94. The maximum absolute atomic E-state index is 11.8. The molecule has 2 rings (SSSR count). The fourth-order valence-corrected chi connectivity index (χ4v) is 1.77. The minimum Gasteiger partial charge on any atom is -0.504 e. The van der Waals surface area contributed by atoms with Crippen LogP contribution in [-0.2, 0) is 4.79 Å². The molecule has 0 saturated carbocycles. The van der Waals surface area contributed by atoms with Crippen molar-refractivity contribution in [3.8, 4) is 11.5 Å². The van der Waals surface area contributed by atoms with E-state index >= 15 is 0 Å². The monoisotopic (exact) mass is 286 g/mol. The van der Waals surface area contributed by atoms with Crippen molar-refractivity contribution in [3.63, 3.8) is 0 Å². The fraction of sp³-hybridized carbons (Fsp3) is 0.250. The number of hydrogen-bond acceptors (Lipinski definition) is 4. The van der Waals surface area contributed by atoms with Crippen LogP contribution in [0.3, 0.4) is 0 Å². The van der Waals surface area contributed by atoms with Crippen LogP contribution in [0.25, 0.3) is 0 Å². The van der Waals surface area contributed by atoms with Gasteiger partial charge in [-0.1, -0.05) is 26.0 Å². The van der Waals surface area contributed by atoms with Crippen molar-refractivity contribution >= 4 is 11.7 Å². The van der Waals surface area contributed by atoms with Gasteiger partial charge in [-0.3, -0.25) is 4.79 Å². The van der Waals surface area contributed by atoms with Crippen molar-refractivity contribution in [1.82, 2.24) is 4.98 Å². The average molecular weight is 286 g/mol. The number of pyridine rings is 1. The zero-order valence-electron chi connectivity index (χ0n) is 12.0. The molecule has 1 amide bonds. The number of nitrogens with one attached hydrogen (secondary N) is 1. The molecule has 0 bridgehead atoms. The molecule has 1 aromatic carbocycles. The minimum absolute atomic E-state index is 0.0762. The zero-order valence-corrected chi connectivity index (χ0v) is 12.0. The molecule has 0 atom stereocenters. The molecule has 5 heteroatoms. The number of hydrogen-bond donors (Lipinski definition) is 2. The van der Waals surface area contributed by atoms with E-state index in [1.54, 1.807) is 12.1 Å². The molecular formula is C16H18N2O3. The second-order valence-electron chi connectivity index (χ2n) is 4.94. The predicted octanol–water partition coefficient (Wildman–Crippen LogP) is 2.93. The Morgan fingerprint density at radius 3 is 2.86 bits per heavy atom. The number of aromatic hydroxyl groups is 1. The molecule has 5 nitrogen and oxygen atoms in total. The van der Waals surface area contributed by atoms with Crippen molar-refractivity contribution in [2.24, 2.45) is 0 Å². The Bertz CT molecular complexity index is 626. The Labute approximate surface area is 123 Å². The summed E-state index contributed by atoms with van der Waals surface area (Å²) in [5.41, 5.74) is 1.15. The fourth-order valence-electron chi connectivity index (χ4n) is 1.77. The van der Waals surface area contributed by atoms with E-state index in [-0.39, 0.29) is 24.1 Å². The van der Waals surface area contributed by atoms with Crippen LogP contribution in [0.1, 0.15) is 25.3 Å². The summed E-state index contributed by atoms with van der Waals surface area (Å²) >= 11 is 0. The molecule has 0 aliphatic carbocycles. The predicted molar refractivity (Wildman–Crippen MR) is 80.6 cm³/mol. The molecule has 2 aromatic rings. The molecule has 0 unspecified atom stereocenters. The maximum Gasteiger partial charge on any atom is 0.263 e. The third kappa shape index (κ3) is 4.21. The van der Waals surface area contributed by atoms with Gasteiger partial charge >= 0.3 is 0 Å². The Morgan fingerprint density at radius 1 is 1.33 bits per heavy atom. The number of nitrogens with zero attached hydrogens (tertiary/aromatic N) is 1. The molecule has 0 radical (unpaired) electrons. The average Bonchev–Trinajstić information content (AvgIpc) is 2.48. The van der Waals surface area contributed by atoms with E-state index in [4.69, 9.17) is 4.74 Å². The minimum atomic E-state index is -0.376. The third-order valence-electron chi connectivity index (χ3n) is 2.94. The summed E-state index contributed by atoms with van der Waals surface area (Å²) in [7, 11) is 0. The second kappa shape index (κ2) is 6.74. The lowest BCUT2D eigenvalue weighted by atomic mass is 10.0. The normalized spacial score (nSPS) is 10.4. The van der Waals surface area contributed by atoms with E-state index < -0.39 is 0 Å². The molecule has 0 spiro atoms. The van der Waals surface area contributed by atoms with Crippen molar-refractivity contribution in [3.05, 3.63) is 48.2 Å². The number of anilines is 1. The van der Waals surface area contributed by atoms with Gasteiger partial charge in [0.1, 0.15) is 5.75 Å². The van der Waals surface area contributed by atoms with Crippen molar-refractivity contribution in [2.75, 3.05) is 11.9 Å². The Morgan fingerprint density at radius 2 is 2.14 bits per heavy atom. The van der Waals surface area contributed by atoms with Crippen LogP contribution >= 0.6 is 0 Å². The van der Waals surface area contributed by atoms with Crippen molar-refractivity contribution in [1.29, 1.82) is 0 Å². The lowest BCUT2D eigenvalue weighted by molar-refractivity contribution is -0.118. The van der Waals surface area contributed by atoms with Gasteiger partial charge in [-0.2, -0.15) is 0 Å². The highest BCUT2D eigenvalue weighted by Gasteiger charge is 2.08. The Kier molecular flexibility index (Phi) is 4.77. The molecule has 21 heavy (non-hydrogen) atoms. The smallest absolute Gasteiger partial charge is 0.263 e. The highest BCUT2D eigenvalue weighted by molar-refractivity contribution is 5.92. The van der Waals surface area contributed by atoms with E-state index in [0.717, 1.165) is 5.56 Å². The standard InChI is InChI=1S/C16H18N2O3/c1-11(2)12-5-3-6-13(9-12)21-10-15(20)18-16-14(19)7-4-8-17-16/h3-9,11,19H,10H2,1-2H3,(H,17,18,20). The summed E-state index contributed by atoms with van der Waals surface area (Å²) in [5.74, 6) is 0.711. The van der Waals surface area contributed by atoms with E-state index in [1.807, 2.05) is 18.2 Å². The van der Waals surface area contributed by atoms with Crippen molar-refractivity contribution in [2.45, 2.75) is 19.8 Å². The quantitative estimate of drug-likeness (QED) is 0.886. The summed E-state index contributed by atoms with van der Waals surface area (Å²) in [6.07, 6.45) is 1.49. The number of amides is 1. The Balaban J connectivity index is 1.92. The first-order valence-electron chi connectivity index (χ1n) is 6.73. The molecule has 0 aliphatic heterocycles. The van der Waals surface area contributed by atoms with Gasteiger partial charge in [0.15, 0.2) is 18.2 Å². The van der Waals surface area contributed by atoms with Crippen LogP contribution in [0.4, 0.5) is 5.82 Å². The zero-order chi connectivity index (χ0) is 15.2. The highest BCUT2D eigenvalue weighted by Crippen LogP contribution is 2.20. The number of ether oxygens (including phenoxy) is 1. The maximum atomic E-state index is 11.8. The van der Waals surface area contributed by atoms with E-state index in [0.29, 0.717) is 11.7 Å². The van der Waals surface area contributed by atoms with Crippen LogP contribution in [0.2, 0.25) is 0 Å². The SMILES string of the molecule is CC(C)c1cccc(OCC(=O)Nc2ncccc2O)c1. The van der Waals surface area contributed by atoms with Gasteiger partial charge in [0.05, 0.1) is 0 Å². The summed E-state index contributed by atoms with van der Waals surface area (Å²) in [6, 6.07) is 10.7. The van der Waals surface area contributed by atoms with E-state index in [1.165, 1.54) is 12.3 Å². The van der Waals surface area contributed by atoms with Crippen LogP contribution in [0, 0.1) is 0 Å². The Hall–Kier alpha value is -2.56. The van der Waals surface area contributed by atoms with Gasteiger partial charge < -0.3 is 15.2 Å². The van der Waals surface area contributed by atoms with E-state index in [9.17, 15) is 9.90 Å². The molecule has 0 saturated heterocycles. The number of carbonyl (C=O) groups excluding carboxylic acids is 1. The lowest BCUT2D eigenvalue weighted by Gasteiger charge is -2.10. The van der Waals surface area contributed by atoms with Crippen molar-refractivity contribution < 1.29 is 14.6 Å². The summed E-state index contributed by atoms with van der Waals surface area (Å²) in [5, 5.41) is 12.0. The topological polar surface area (TPSA) is 71.5 Å².